The van der Waals surface area contributed by atoms with Crippen molar-refractivity contribution in [1.82, 2.24) is 9.55 Å². The van der Waals surface area contributed by atoms with Crippen LogP contribution in [0, 0.1) is 0 Å². The van der Waals surface area contributed by atoms with Gasteiger partial charge < -0.3 is 9.30 Å². The van der Waals surface area contributed by atoms with Crippen LogP contribution in [0.25, 0.3) is 0 Å². The van der Waals surface area contributed by atoms with E-state index in [4.69, 9.17) is 4.74 Å². The van der Waals surface area contributed by atoms with Gasteiger partial charge in [-0.3, -0.25) is 0 Å². The number of nitrogens with zero attached hydrogens (tertiary/aromatic N) is 2. The Hall–Kier alpha value is -2.10. The maximum Gasteiger partial charge on any atom is 0.339 e. The van der Waals surface area contributed by atoms with Crippen molar-refractivity contribution in [3.8, 4) is 0 Å². The molecule has 4 heteroatoms. The number of carbonyl (C=O) groups is 1. The van der Waals surface area contributed by atoms with E-state index in [2.05, 4.69) is 16.5 Å². The van der Waals surface area contributed by atoms with Crippen LogP contribution in [0.2, 0.25) is 0 Å². The lowest BCUT2D eigenvalue weighted by Crippen LogP contribution is -2.43. The minimum atomic E-state index is -0.603. The molecule has 0 saturated carbocycles. The molecule has 2 aromatic rings. The number of esters is 1. The molecule has 1 aromatic heterocycles. The maximum absolute atomic E-state index is 12.2. The molecule has 21 heavy (non-hydrogen) atoms. The minimum absolute atomic E-state index is 0.0459. The summed E-state index contributed by atoms with van der Waals surface area (Å²) in [6.07, 6.45) is 5.76. The standard InChI is InChI=1S/C17H20N2O2/c1-4-7-12-10-18-11-19(12)15-13-8-5-6-9-14(13)16(20)21-17(15,2)3/h5-6,8-11,15H,4,7H2,1-3H3. The molecular formula is C17H20N2O2. The van der Waals surface area contributed by atoms with Crippen molar-refractivity contribution in [2.24, 2.45) is 0 Å². The number of aromatic nitrogens is 2. The first-order valence-electron chi connectivity index (χ1n) is 7.37. The Balaban J connectivity index is 2.17. The molecule has 3 rings (SSSR count). The van der Waals surface area contributed by atoms with E-state index >= 15 is 0 Å². The van der Waals surface area contributed by atoms with Gasteiger partial charge in [0.1, 0.15) is 5.60 Å². The first-order chi connectivity index (χ1) is 10.0. The van der Waals surface area contributed by atoms with Gasteiger partial charge in [0, 0.05) is 11.9 Å². The number of imidazole rings is 1. The Labute approximate surface area is 124 Å². The predicted molar refractivity (Wildman–Crippen MR) is 80.3 cm³/mol. The van der Waals surface area contributed by atoms with Crippen LogP contribution >= 0.6 is 0 Å². The molecule has 2 heterocycles. The van der Waals surface area contributed by atoms with E-state index in [0.29, 0.717) is 5.56 Å². The quantitative estimate of drug-likeness (QED) is 0.812. The van der Waals surface area contributed by atoms with Crippen LogP contribution in [0.5, 0.6) is 0 Å². The van der Waals surface area contributed by atoms with Crippen LogP contribution in [0.4, 0.5) is 0 Å². The lowest BCUT2D eigenvalue weighted by Gasteiger charge is -2.40. The molecule has 0 bridgehead atoms. The molecule has 0 N–H and O–H groups in total. The van der Waals surface area contributed by atoms with Crippen LogP contribution < -0.4 is 0 Å². The third-order valence-corrected chi connectivity index (χ3v) is 4.02. The van der Waals surface area contributed by atoms with E-state index in [-0.39, 0.29) is 12.0 Å². The number of aryl methyl sites for hydroxylation is 1. The highest BCUT2D eigenvalue weighted by atomic mass is 16.6. The Morgan fingerprint density at radius 3 is 2.86 bits per heavy atom. The third kappa shape index (κ3) is 2.24. The SMILES string of the molecule is CCCc1cncn1C1c2ccccc2C(=O)OC1(C)C. The smallest absolute Gasteiger partial charge is 0.339 e. The summed E-state index contributed by atoms with van der Waals surface area (Å²) in [4.78, 5) is 16.5. The van der Waals surface area contributed by atoms with Crippen molar-refractivity contribution in [3.05, 3.63) is 53.6 Å². The highest BCUT2D eigenvalue weighted by Gasteiger charge is 2.43. The first kappa shape index (κ1) is 13.9. The van der Waals surface area contributed by atoms with Crippen LogP contribution in [0.15, 0.2) is 36.8 Å². The number of cyclic esters (lactones) is 1. The molecule has 0 spiro atoms. The number of rotatable bonds is 3. The lowest BCUT2D eigenvalue weighted by molar-refractivity contribution is -0.0265. The van der Waals surface area contributed by atoms with Gasteiger partial charge in [-0.1, -0.05) is 31.5 Å². The van der Waals surface area contributed by atoms with Crippen molar-refractivity contribution >= 4 is 5.97 Å². The monoisotopic (exact) mass is 284 g/mol. The minimum Gasteiger partial charge on any atom is -0.453 e. The fourth-order valence-corrected chi connectivity index (χ4v) is 3.14. The van der Waals surface area contributed by atoms with Crippen molar-refractivity contribution in [1.29, 1.82) is 0 Å². The molecule has 1 aromatic carbocycles. The Morgan fingerprint density at radius 2 is 2.10 bits per heavy atom. The number of hydrogen-bond donors (Lipinski definition) is 0. The van der Waals surface area contributed by atoms with Gasteiger partial charge in [0.2, 0.25) is 0 Å². The normalized spacial score (nSPS) is 20.0. The summed E-state index contributed by atoms with van der Waals surface area (Å²) in [7, 11) is 0. The van der Waals surface area contributed by atoms with Crippen molar-refractivity contribution in [2.75, 3.05) is 0 Å². The Bertz CT molecular complexity index is 673. The zero-order valence-electron chi connectivity index (χ0n) is 12.7. The number of benzene rings is 1. The van der Waals surface area contributed by atoms with E-state index in [1.807, 2.05) is 50.6 Å². The van der Waals surface area contributed by atoms with Crippen molar-refractivity contribution < 1.29 is 9.53 Å². The highest BCUT2D eigenvalue weighted by Crippen LogP contribution is 2.40. The van der Waals surface area contributed by atoms with Gasteiger partial charge in [-0.2, -0.15) is 0 Å². The van der Waals surface area contributed by atoms with E-state index in [1.54, 1.807) is 0 Å². The second-order valence-electron chi connectivity index (χ2n) is 6.03. The van der Waals surface area contributed by atoms with Crippen LogP contribution in [0.1, 0.15) is 54.8 Å². The molecule has 1 unspecified atom stereocenters. The summed E-state index contributed by atoms with van der Waals surface area (Å²) in [5.41, 5.74) is 2.23. The summed E-state index contributed by atoms with van der Waals surface area (Å²) in [5.74, 6) is -0.246. The fraction of sp³-hybridized carbons (Fsp3) is 0.412. The van der Waals surface area contributed by atoms with Crippen LogP contribution in [-0.4, -0.2) is 21.1 Å². The fourth-order valence-electron chi connectivity index (χ4n) is 3.14. The van der Waals surface area contributed by atoms with Crippen LogP contribution in [0.3, 0.4) is 0 Å². The Kier molecular flexibility index (Phi) is 3.32. The van der Waals surface area contributed by atoms with E-state index in [9.17, 15) is 4.79 Å². The molecular weight excluding hydrogens is 264 g/mol. The van der Waals surface area contributed by atoms with Gasteiger partial charge in [-0.15, -0.1) is 0 Å². The highest BCUT2D eigenvalue weighted by molar-refractivity contribution is 5.93. The summed E-state index contributed by atoms with van der Waals surface area (Å²) in [6.45, 7) is 6.07. The molecule has 1 aliphatic heterocycles. The van der Waals surface area contributed by atoms with Crippen LogP contribution in [-0.2, 0) is 11.2 Å². The number of carbonyl (C=O) groups excluding carboxylic acids is 1. The van der Waals surface area contributed by atoms with Gasteiger partial charge in [0.05, 0.1) is 17.9 Å². The zero-order valence-corrected chi connectivity index (χ0v) is 12.7. The second kappa shape index (κ2) is 5.02. The molecule has 0 amide bonds. The molecule has 0 fully saturated rings. The molecule has 1 atom stereocenters. The van der Waals surface area contributed by atoms with Crippen molar-refractivity contribution in [2.45, 2.75) is 45.3 Å². The second-order valence-corrected chi connectivity index (χ2v) is 6.03. The third-order valence-electron chi connectivity index (χ3n) is 4.02. The molecule has 0 saturated heterocycles. The van der Waals surface area contributed by atoms with Gasteiger partial charge in [0.15, 0.2) is 0 Å². The summed E-state index contributed by atoms with van der Waals surface area (Å²) < 4.78 is 7.83. The molecule has 0 aliphatic carbocycles. The topological polar surface area (TPSA) is 44.1 Å². The lowest BCUT2D eigenvalue weighted by atomic mass is 9.85. The van der Waals surface area contributed by atoms with Gasteiger partial charge in [-0.25, -0.2) is 9.78 Å². The van der Waals surface area contributed by atoms with Gasteiger partial charge in [-0.05, 0) is 31.9 Å². The van der Waals surface area contributed by atoms with Crippen molar-refractivity contribution in [3.63, 3.8) is 0 Å². The summed E-state index contributed by atoms with van der Waals surface area (Å²) >= 11 is 0. The number of fused-ring (bicyclic) bond motifs is 1. The molecule has 110 valence electrons. The Morgan fingerprint density at radius 1 is 1.33 bits per heavy atom. The molecule has 0 radical (unpaired) electrons. The largest absolute Gasteiger partial charge is 0.453 e. The summed E-state index contributed by atoms with van der Waals surface area (Å²) in [5, 5.41) is 0. The van der Waals surface area contributed by atoms with E-state index in [1.165, 1.54) is 5.69 Å². The zero-order chi connectivity index (χ0) is 15.0. The van der Waals surface area contributed by atoms with Gasteiger partial charge in [0.25, 0.3) is 0 Å². The van der Waals surface area contributed by atoms with E-state index in [0.717, 1.165) is 18.4 Å². The molecule has 4 nitrogen and oxygen atoms in total. The van der Waals surface area contributed by atoms with Gasteiger partial charge >= 0.3 is 5.97 Å². The average Bonchev–Trinajstić information content (AvgIpc) is 2.86. The summed E-state index contributed by atoms with van der Waals surface area (Å²) in [6, 6.07) is 7.64. The molecule has 1 aliphatic rings. The first-order valence-corrected chi connectivity index (χ1v) is 7.37. The number of hydrogen-bond acceptors (Lipinski definition) is 3. The predicted octanol–water partition coefficient (Wildman–Crippen LogP) is 3.37. The number of ether oxygens (including phenoxy) is 1. The average molecular weight is 284 g/mol. The maximum atomic E-state index is 12.2. The van der Waals surface area contributed by atoms with E-state index < -0.39 is 5.60 Å².